The molecule has 0 atom stereocenters. The summed E-state index contributed by atoms with van der Waals surface area (Å²) in [5.74, 6) is -0.168. The number of aromatic nitrogens is 1. The van der Waals surface area contributed by atoms with Gasteiger partial charge in [-0.15, -0.1) is 0 Å². The molecule has 0 N–H and O–H groups in total. The molecule has 0 aliphatic carbocycles. The standard InChI is InChI=1S/C27H36N4O3S2/c1-19-7-11-23(12-8-19)36(33,34)30-17-13-22(14-18-30)26(32)31(16-6-15-29(4)5)27-28-24-20(2)9-10-21(3)25(24)35-27/h7-12,22H,6,13-18H2,1-5H3. The van der Waals surface area contributed by atoms with E-state index >= 15 is 0 Å². The third-order valence-electron chi connectivity index (χ3n) is 6.88. The Hall–Kier alpha value is -2.33. The lowest BCUT2D eigenvalue weighted by Crippen LogP contribution is -2.45. The van der Waals surface area contributed by atoms with E-state index in [9.17, 15) is 13.2 Å². The number of amides is 1. The average Bonchev–Trinajstić information content (AvgIpc) is 3.30. The molecule has 1 aliphatic heterocycles. The maximum absolute atomic E-state index is 13.8. The molecule has 1 aliphatic rings. The summed E-state index contributed by atoms with van der Waals surface area (Å²) in [6.45, 7) is 8.22. The molecule has 0 unspecified atom stereocenters. The molecule has 0 radical (unpaired) electrons. The summed E-state index contributed by atoms with van der Waals surface area (Å²) in [4.78, 5) is 23.0. The van der Waals surface area contributed by atoms with Crippen molar-refractivity contribution in [2.45, 2.75) is 44.9 Å². The number of sulfonamides is 1. The summed E-state index contributed by atoms with van der Waals surface area (Å²) in [6, 6.07) is 11.1. The van der Waals surface area contributed by atoms with Crippen LogP contribution in [0, 0.1) is 26.7 Å². The first-order valence-electron chi connectivity index (χ1n) is 12.5. The fourth-order valence-electron chi connectivity index (χ4n) is 4.63. The van der Waals surface area contributed by atoms with Crippen LogP contribution in [-0.2, 0) is 14.8 Å². The highest BCUT2D eigenvalue weighted by molar-refractivity contribution is 7.89. The van der Waals surface area contributed by atoms with Gasteiger partial charge >= 0.3 is 0 Å². The fraction of sp³-hybridized carbons (Fsp3) is 0.481. The second-order valence-corrected chi connectivity index (χ2v) is 12.9. The van der Waals surface area contributed by atoms with Crippen molar-refractivity contribution >= 4 is 42.6 Å². The lowest BCUT2D eigenvalue weighted by Gasteiger charge is -2.33. The van der Waals surface area contributed by atoms with Crippen LogP contribution in [0.2, 0.25) is 0 Å². The average molecular weight is 529 g/mol. The number of thiazole rings is 1. The van der Waals surface area contributed by atoms with Crippen molar-refractivity contribution in [3.63, 3.8) is 0 Å². The molecular weight excluding hydrogens is 492 g/mol. The predicted molar refractivity (Wildman–Crippen MR) is 147 cm³/mol. The van der Waals surface area contributed by atoms with E-state index < -0.39 is 10.0 Å². The number of piperidine rings is 1. The Balaban J connectivity index is 1.52. The minimum Gasteiger partial charge on any atom is -0.309 e. The van der Waals surface area contributed by atoms with Gasteiger partial charge in [-0.1, -0.05) is 41.2 Å². The molecule has 36 heavy (non-hydrogen) atoms. The highest BCUT2D eigenvalue weighted by Gasteiger charge is 2.35. The first-order chi connectivity index (χ1) is 17.1. The molecule has 1 amide bonds. The third-order valence-corrected chi connectivity index (χ3v) is 10.0. The first-order valence-corrected chi connectivity index (χ1v) is 14.7. The zero-order chi connectivity index (χ0) is 26.0. The van der Waals surface area contributed by atoms with Crippen LogP contribution in [0.25, 0.3) is 10.2 Å². The van der Waals surface area contributed by atoms with E-state index in [4.69, 9.17) is 4.98 Å². The second kappa shape index (κ2) is 11.0. The minimum atomic E-state index is -3.56. The maximum atomic E-state index is 13.8. The predicted octanol–water partition coefficient (Wildman–Crippen LogP) is 4.61. The summed E-state index contributed by atoms with van der Waals surface area (Å²) >= 11 is 1.57. The van der Waals surface area contributed by atoms with Gasteiger partial charge in [0.25, 0.3) is 0 Å². The van der Waals surface area contributed by atoms with Gasteiger partial charge in [0.15, 0.2) is 5.13 Å². The van der Waals surface area contributed by atoms with E-state index in [2.05, 4.69) is 24.0 Å². The van der Waals surface area contributed by atoms with Gasteiger partial charge < -0.3 is 4.90 Å². The topological polar surface area (TPSA) is 73.8 Å². The fourth-order valence-corrected chi connectivity index (χ4v) is 7.24. The van der Waals surface area contributed by atoms with E-state index in [1.54, 1.807) is 23.5 Å². The smallest absolute Gasteiger partial charge is 0.243 e. The van der Waals surface area contributed by atoms with Gasteiger partial charge in [0.2, 0.25) is 15.9 Å². The van der Waals surface area contributed by atoms with Crippen molar-refractivity contribution in [1.29, 1.82) is 0 Å². The largest absolute Gasteiger partial charge is 0.309 e. The van der Waals surface area contributed by atoms with Crippen LogP contribution in [0.3, 0.4) is 0 Å². The van der Waals surface area contributed by atoms with Gasteiger partial charge in [-0.05, 0) is 83.9 Å². The molecule has 9 heteroatoms. The zero-order valence-electron chi connectivity index (χ0n) is 21.8. The Morgan fingerprint density at radius 1 is 1.00 bits per heavy atom. The van der Waals surface area contributed by atoms with Gasteiger partial charge in [-0.2, -0.15) is 4.31 Å². The molecule has 2 heterocycles. The number of hydrogen-bond donors (Lipinski definition) is 0. The molecule has 1 aromatic heterocycles. The lowest BCUT2D eigenvalue weighted by atomic mass is 9.96. The molecule has 7 nitrogen and oxygen atoms in total. The number of hydrogen-bond acceptors (Lipinski definition) is 6. The van der Waals surface area contributed by atoms with Crippen molar-refractivity contribution in [1.82, 2.24) is 14.2 Å². The van der Waals surface area contributed by atoms with Crippen molar-refractivity contribution in [2.75, 3.05) is 45.2 Å². The number of rotatable bonds is 8. The van der Waals surface area contributed by atoms with Crippen molar-refractivity contribution in [3.8, 4) is 0 Å². The monoisotopic (exact) mass is 528 g/mol. The summed E-state index contributed by atoms with van der Waals surface area (Å²) < 4.78 is 28.9. The summed E-state index contributed by atoms with van der Waals surface area (Å²) in [6.07, 6.45) is 1.86. The van der Waals surface area contributed by atoms with Crippen LogP contribution in [0.4, 0.5) is 5.13 Å². The number of nitrogens with zero attached hydrogens (tertiary/aromatic N) is 4. The Kier molecular flexibility index (Phi) is 8.14. The maximum Gasteiger partial charge on any atom is 0.243 e. The summed E-state index contributed by atoms with van der Waals surface area (Å²) in [5, 5.41) is 0.737. The quantitative estimate of drug-likeness (QED) is 0.427. The molecule has 0 saturated carbocycles. The van der Waals surface area contributed by atoms with Crippen LogP contribution in [0.15, 0.2) is 41.3 Å². The number of anilines is 1. The normalized spacial score (nSPS) is 15.6. The molecule has 3 aromatic rings. The van der Waals surface area contributed by atoms with Gasteiger partial charge in [0.05, 0.1) is 15.1 Å². The van der Waals surface area contributed by atoms with Gasteiger partial charge in [-0.3, -0.25) is 9.69 Å². The number of fused-ring (bicyclic) bond motifs is 1. The Morgan fingerprint density at radius 3 is 2.25 bits per heavy atom. The molecule has 2 aromatic carbocycles. The molecule has 194 valence electrons. The highest BCUT2D eigenvalue weighted by Crippen LogP contribution is 2.35. The van der Waals surface area contributed by atoms with Gasteiger partial charge in [-0.25, -0.2) is 13.4 Å². The number of aryl methyl sites for hydroxylation is 3. The number of carbonyl (C=O) groups excluding carboxylic acids is 1. The summed E-state index contributed by atoms with van der Waals surface area (Å²) in [5.41, 5.74) is 4.25. The van der Waals surface area contributed by atoms with E-state index in [1.165, 1.54) is 4.31 Å². The van der Waals surface area contributed by atoms with Gasteiger partial charge in [0.1, 0.15) is 0 Å². The summed E-state index contributed by atoms with van der Waals surface area (Å²) in [7, 11) is 0.499. The molecule has 1 fully saturated rings. The Labute approximate surface area is 218 Å². The highest BCUT2D eigenvalue weighted by atomic mass is 32.2. The van der Waals surface area contributed by atoms with E-state index in [0.29, 0.717) is 37.4 Å². The van der Waals surface area contributed by atoms with Crippen LogP contribution in [-0.4, -0.2) is 68.8 Å². The molecular formula is C27H36N4O3S2. The van der Waals surface area contributed by atoms with E-state index in [-0.39, 0.29) is 11.8 Å². The molecule has 0 bridgehead atoms. The molecule has 4 rings (SSSR count). The lowest BCUT2D eigenvalue weighted by molar-refractivity contribution is -0.123. The van der Waals surface area contributed by atoms with E-state index in [1.807, 2.05) is 45.0 Å². The van der Waals surface area contributed by atoms with Crippen molar-refractivity contribution < 1.29 is 13.2 Å². The number of carbonyl (C=O) groups is 1. The van der Waals surface area contributed by atoms with Crippen LogP contribution < -0.4 is 4.90 Å². The Morgan fingerprint density at radius 2 is 1.64 bits per heavy atom. The SMILES string of the molecule is Cc1ccc(S(=O)(=O)N2CCC(C(=O)N(CCCN(C)C)c3nc4c(C)ccc(C)c4s3)CC2)cc1. The number of benzene rings is 2. The zero-order valence-corrected chi connectivity index (χ0v) is 23.5. The molecule has 0 spiro atoms. The molecule has 1 saturated heterocycles. The third kappa shape index (κ3) is 5.64. The van der Waals surface area contributed by atoms with Gasteiger partial charge in [0, 0.05) is 25.6 Å². The van der Waals surface area contributed by atoms with Crippen LogP contribution >= 0.6 is 11.3 Å². The van der Waals surface area contributed by atoms with Crippen molar-refractivity contribution in [3.05, 3.63) is 53.1 Å². The van der Waals surface area contributed by atoms with Crippen molar-refractivity contribution in [2.24, 2.45) is 5.92 Å². The second-order valence-electron chi connectivity index (χ2n) is 10.0. The first kappa shape index (κ1) is 26.7. The van der Waals surface area contributed by atoms with E-state index in [0.717, 1.165) is 45.0 Å². The minimum absolute atomic E-state index is 0.0514. The Bertz CT molecular complexity index is 1290. The van der Waals surface area contributed by atoms with Crippen LogP contribution in [0.5, 0.6) is 0 Å². The van der Waals surface area contributed by atoms with Crippen LogP contribution in [0.1, 0.15) is 36.0 Å².